The van der Waals surface area contributed by atoms with E-state index < -0.39 is 11.1 Å². The molecule has 0 aromatic rings. The normalized spacial score (nSPS) is 14.8. The highest BCUT2D eigenvalue weighted by Crippen LogP contribution is 2.08. The molecule has 0 amide bonds. The van der Waals surface area contributed by atoms with E-state index in [0.717, 1.165) is 19.3 Å². The molecule has 2 unspecified atom stereocenters. The Morgan fingerprint density at radius 2 is 2.18 bits per heavy atom. The first-order valence-corrected chi connectivity index (χ1v) is 4.88. The van der Waals surface area contributed by atoms with E-state index in [1.54, 1.807) is 0 Å². The molecule has 0 aliphatic rings. The fraction of sp³-hybridized carbons (Fsp3) is 0.750. The Hall–Kier alpha value is -0.330. The molecule has 0 radical (unpaired) electrons. The van der Waals surface area contributed by atoms with Gasteiger partial charge in [0.2, 0.25) is 0 Å². The zero-order valence-electron chi connectivity index (χ0n) is 6.92. The summed E-state index contributed by atoms with van der Waals surface area (Å²) in [7, 11) is 0. The highest BCUT2D eigenvalue weighted by molar-refractivity contribution is 7.84. The molecule has 64 valence electrons. The predicted octanol–water partition coefficient (Wildman–Crippen LogP) is 1.65. The van der Waals surface area contributed by atoms with E-state index in [0.29, 0.717) is 0 Å². The zero-order valence-corrected chi connectivity index (χ0v) is 7.74. The zero-order chi connectivity index (χ0) is 8.69. The van der Waals surface area contributed by atoms with Crippen molar-refractivity contribution in [1.29, 1.82) is 0 Å². The van der Waals surface area contributed by atoms with E-state index >= 15 is 0 Å². The van der Waals surface area contributed by atoms with Crippen molar-refractivity contribution in [3.05, 3.63) is 0 Å². The monoisotopic (exact) mass is 173 g/mol. The maximum Gasteiger partial charge on any atom is 0.0247 e. The molecule has 2 atom stereocenters. The smallest absolute Gasteiger partial charge is 0.0247 e. The van der Waals surface area contributed by atoms with Crippen LogP contribution in [0.15, 0.2) is 0 Å². The summed E-state index contributed by atoms with van der Waals surface area (Å²) in [5.74, 6) is 2.96. The summed E-state index contributed by atoms with van der Waals surface area (Å²) in [6.07, 6.45) is 2.97. The average Bonchev–Trinajstić information content (AvgIpc) is 1.97. The molecule has 0 aliphatic heterocycles. The summed E-state index contributed by atoms with van der Waals surface area (Å²) in [4.78, 5) is 0. The van der Waals surface area contributed by atoms with Crippen molar-refractivity contribution in [2.75, 3.05) is 0 Å². The van der Waals surface area contributed by atoms with Gasteiger partial charge in [-0.2, -0.15) is 0 Å². The molecular weight excluding hydrogens is 160 g/mol. The van der Waals surface area contributed by atoms with Gasteiger partial charge in [0.15, 0.2) is 0 Å². The predicted molar refractivity (Wildman–Crippen MR) is 45.4 cm³/mol. The van der Waals surface area contributed by atoms with Crippen LogP contribution in [0.4, 0.5) is 0 Å². The average molecular weight is 173 g/mol. The Morgan fingerprint density at radius 1 is 1.55 bits per heavy atom. The SMILES string of the molecule is CCCC(C#CS(=O)[O-])CC. The van der Waals surface area contributed by atoms with Crippen LogP contribution in [-0.4, -0.2) is 8.76 Å². The van der Waals surface area contributed by atoms with Gasteiger partial charge in [-0.15, -0.1) is 0 Å². The second kappa shape index (κ2) is 6.38. The molecule has 0 N–H and O–H groups in total. The van der Waals surface area contributed by atoms with E-state index in [-0.39, 0.29) is 5.92 Å². The molecule has 0 bridgehead atoms. The lowest BCUT2D eigenvalue weighted by atomic mass is 10.0. The first-order valence-electron chi connectivity index (χ1n) is 3.81. The van der Waals surface area contributed by atoms with Crippen molar-refractivity contribution in [1.82, 2.24) is 0 Å². The highest BCUT2D eigenvalue weighted by atomic mass is 32.2. The van der Waals surface area contributed by atoms with Gasteiger partial charge in [-0.25, -0.2) is 0 Å². The fourth-order valence-corrected chi connectivity index (χ4v) is 1.12. The van der Waals surface area contributed by atoms with Crippen LogP contribution in [0.2, 0.25) is 0 Å². The highest BCUT2D eigenvalue weighted by Gasteiger charge is 1.98. The van der Waals surface area contributed by atoms with Crippen molar-refractivity contribution in [2.24, 2.45) is 5.92 Å². The summed E-state index contributed by atoms with van der Waals surface area (Å²) in [6, 6.07) is 0. The van der Waals surface area contributed by atoms with Crippen LogP contribution < -0.4 is 0 Å². The Bertz CT molecular complexity index is 178. The second-order valence-corrected chi connectivity index (χ2v) is 3.05. The van der Waals surface area contributed by atoms with Crippen molar-refractivity contribution >= 4 is 11.1 Å². The molecule has 0 aromatic heterocycles. The molecule has 0 aliphatic carbocycles. The van der Waals surface area contributed by atoms with E-state index in [4.69, 9.17) is 0 Å². The standard InChI is InChI=1S/C8H14O2S/c1-3-5-8(4-2)6-7-11(9)10/h8H,3-5H2,1-2H3,(H,9,10)/p-1. The van der Waals surface area contributed by atoms with E-state index in [1.165, 1.54) is 0 Å². The second-order valence-electron chi connectivity index (χ2n) is 2.37. The molecular formula is C8H13O2S-. The van der Waals surface area contributed by atoms with Gasteiger partial charge in [0.1, 0.15) is 0 Å². The topological polar surface area (TPSA) is 40.1 Å². The first kappa shape index (κ1) is 10.7. The molecule has 0 saturated heterocycles. The van der Waals surface area contributed by atoms with Gasteiger partial charge < -0.3 is 4.55 Å². The van der Waals surface area contributed by atoms with Gasteiger partial charge in [-0.1, -0.05) is 26.2 Å². The van der Waals surface area contributed by atoms with Gasteiger partial charge in [0.05, 0.1) is 0 Å². The molecule has 0 aromatic carbocycles. The Labute approximate surface area is 70.7 Å². The van der Waals surface area contributed by atoms with Crippen molar-refractivity contribution in [3.63, 3.8) is 0 Å². The molecule has 11 heavy (non-hydrogen) atoms. The van der Waals surface area contributed by atoms with Gasteiger partial charge in [-0.05, 0) is 18.1 Å². The Morgan fingerprint density at radius 3 is 2.55 bits per heavy atom. The van der Waals surface area contributed by atoms with Crippen LogP contribution in [-0.2, 0) is 11.1 Å². The summed E-state index contributed by atoms with van der Waals surface area (Å²) >= 11 is -2.20. The van der Waals surface area contributed by atoms with E-state index in [9.17, 15) is 8.76 Å². The van der Waals surface area contributed by atoms with Gasteiger partial charge >= 0.3 is 0 Å². The summed E-state index contributed by atoms with van der Waals surface area (Å²) < 4.78 is 20.1. The minimum Gasteiger partial charge on any atom is -0.762 e. The van der Waals surface area contributed by atoms with Crippen LogP contribution in [0.1, 0.15) is 33.1 Å². The van der Waals surface area contributed by atoms with Crippen LogP contribution in [0.3, 0.4) is 0 Å². The largest absolute Gasteiger partial charge is 0.762 e. The summed E-state index contributed by atoms with van der Waals surface area (Å²) in [6.45, 7) is 4.08. The van der Waals surface area contributed by atoms with Crippen LogP contribution in [0, 0.1) is 17.1 Å². The Kier molecular flexibility index (Phi) is 6.19. The third kappa shape index (κ3) is 6.08. The molecule has 3 heteroatoms. The van der Waals surface area contributed by atoms with Gasteiger partial charge in [-0.3, -0.25) is 4.21 Å². The quantitative estimate of drug-likeness (QED) is 0.481. The maximum atomic E-state index is 10.1. The van der Waals surface area contributed by atoms with Gasteiger partial charge in [0.25, 0.3) is 0 Å². The minimum absolute atomic E-state index is 0.248. The maximum absolute atomic E-state index is 10.1. The summed E-state index contributed by atoms with van der Waals surface area (Å²) in [5, 5.41) is 2.15. The van der Waals surface area contributed by atoms with Crippen molar-refractivity contribution in [3.8, 4) is 11.2 Å². The van der Waals surface area contributed by atoms with E-state index in [1.807, 2.05) is 6.92 Å². The molecule has 0 spiro atoms. The summed E-state index contributed by atoms with van der Waals surface area (Å²) in [5.41, 5.74) is 0. The van der Waals surface area contributed by atoms with Crippen molar-refractivity contribution in [2.45, 2.75) is 33.1 Å². The lowest BCUT2D eigenvalue weighted by Crippen LogP contribution is -1.94. The number of hydrogen-bond donors (Lipinski definition) is 0. The molecule has 0 rings (SSSR count). The number of hydrogen-bond acceptors (Lipinski definition) is 2. The van der Waals surface area contributed by atoms with E-state index in [2.05, 4.69) is 18.1 Å². The van der Waals surface area contributed by atoms with Crippen LogP contribution >= 0.6 is 0 Å². The fourth-order valence-electron chi connectivity index (χ4n) is 0.858. The molecule has 2 nitrogen and oxygen atoms in total. The van der Waals surface area contributed by atoms with Crippen molar-refractivity contribution < 1.29 is 8.76 Å². The minimum atomic E-state index is -2.20. The molecule has 0 heterocycles. The molecule has 0 fully saturated rings. The number of rotatable bonds is 3. The third-order valence-electron chi connectivity index (χ3n) is 1.48. The molecule has 0 saturated carbocycles. The lowest BCUT2D eigenvalue weighted by molar-refractivity contribution is 0.547. The van der Waals surface area contributed by atoms with Crippen LogP contribution in [0.25, 0.3) is 0 Å². The third-order valence-corrected chi connectivity index (χ3v) is 1.76. The van der Waals surface area contributed by atoms with Gasteiger partial charge in [0, 0.05) is 17.0 Å². The van der Waals surface area contributed by atoms with Crippen LogP contribution in [0.5, 0.6) is 0 Å². The first-order chi connectivity index (χ1) is 5.20. The lowest BCUT2D eigenvalue weighted by Gasteiger charge is -2.03. The Balaban J connectivity index is 3.88.